The minimum atomic E-state index is -3.15. The minimum absolute atomic E-state index is 0. The second-order valence-electron chi connectivity index (χ2n) is 6.64. The maximum absolute atomic E-state index is 12.1. The molecular weight excluding hydrogens is 435 g/mol. The molecule has 10 heteroatoms. The number of hydrogen-bond acceptors (Lipinski definition) is 5. The fourth-order valence-electron chi connectivity index (χ4n) is 2.72. The number of rotatable bonds is 6. The number of anilines is 1. The van der Waals surface area contributed by atoms with Gasteiger partial charge in [0.1, 0.15) is 15.5 Å². The molecule has 1 unspecified atom stereocenters. The molecule has 0 bridgehead atoms. The molecule has 3 aromatic rings. The lowest BCUT2D eigenvalue weighted by atomic mass is 10.1. The molecular formula is C19H24Cl2N4O3S. The average molecular weight is 459 g/mol. The first-order valence-electron chi connectivity index (χ1n) is 8.52. The number of carbonyl (C=O) groups excluding carboxylic acids is 1. The molecule has 2 heterocycles. The van der Waals surface area contributed by atoms with E-state index in [-0.39, 0.29) is 37.0 Å². The predicted molar refractivity (Wildman–Crippen MR) is 121 cm³/mol. The van der Waals surface area contributed by atoms with Crippen LogP contribution in [0.2, 0.25) is 0 Å². The van der Waals surface area contributed by atoms with Crippen LogP contribution in [0.15, 0.2) is 48.8 Å². The molecule has 1 amide bonds. The number of amides is 1. The highest BCUT2D eigenvalue weighted by atomic mass is 35.5. The van der Waals surface area contributed by atoms with Crippen LogP contribution >= 0.6 is 24.8 Å². The van der Waals surface area contributed by atoms with E-state index in [9.17, 15) is 13.2 Å². The highest BCUT2D eigenvalue weighted by molar-refractivity contribution is 7.90. The molecule has 29 heavy (non-hydrogen) atoms. The Kier molecular flexibility index (Phi) is 8.65. The van der Waals surface area contributed by atoms with Gasteiger partial charge in [-0.3, -0.25) is 4.79 Å². The fourth-order valence-corrected chi connectivity index (χ4v) is 3.41. The standard InChI is InChI=1S/C19H22N4O3S.2ClH/c1-13-4-3-10-23-12-17(22-18(13)23)14-5-7-15(8-6-14)21-19(24)16(20)9-11-27(2,25)26;;/h3-8,10,12,16H,9,11,20H2,1-2H3,(H,21,24);2*1H. The number of fused-ring (bicyclic) bond motifs is 1. The molecule has 0 saturated carbocycles. The first-order valence-corrected chi connectivity index (χ1v) is 10.6. The highest BCUT2D eigenvalue weighted by Gasteiger charge is 2.16. The van der Waals surface area contributed by atoms with Gasteiger partial charge >= 0.3 is 0 Å². The van der Waals surface area contributed by atoms with Crippen molar-refractivity contribution < 1.29 is 13.2 Å². The van der Waals surface area contributed by atoms with Crippen molar-refractivity contribution in [1.29, 1.82) is 0 Å². The number of nitrogens with zero attached hydrogens (tertiary/aromatic N) is 2. The number of pyridine rings is 1. The summed E-state index contributed by atoms with van der Waals surface area (Å²) in [5.41, 5.74) is 10.1. The van der Waals surface area contributed by atoms with E-state index in [1.807, 2.05) is 48.0 Å². The Labute approximate surface area is 182 Å². The van der Waals surface area contributed by atoms with Crippen molar-refractivity contribution in [2.75, 3.05) is 17.3 Å². The van der Waals surface area contributed by atoms with Gasteiger partial charge < -0.3 is 15.5 Å². The zero-order valence-corrected chi connectivity index (χ0v) is 18.5. The van der Waals surface area contributed by atoms with Crippen LogP contribution in [0.5, 0.6) is 0 Å². The molecule has 2 aromatic heterocycles. The topological polar surface area (TPSA) is 107 Å². The maximum Gasteiger partial charge on any atom is 0.241 e. The molecule has 0 radical (unpaired) electrons. The zero-order chi connectivity index (χ0) is 19.6. The zero-order valence-electron chi connectivity index (χ0n) is 16.0. The van der Waals surface area contributed by atoms with E-state index in [1.165, 1.54) is 0 Å². The molecule has 0 aliphatic heterocycles. The van der Waals surface area contributed by atoms with Crippen LogP contribution < -0.4 is 11.1 Å². The Morgan fingerprint density at radius 1 is 1.21 bits per heavy atom. The van der Waals surface area contributed by atoms with E-state index in [0.29, 0.717) is 5.69 Å². The molecule has 7 nitrogen and oxygen atoms in total. The van der Waals surface area contributed by atoms with E-state index < -0.39 is 21.8 Å². The normalized spacial score (nSPS) is 12.0. The van der Waals surface area contributed by atoms with E-state index in [1.54, 1.807) is 12.1 Å². The van der Waals surface area contributed by atoms with Gasteiger partial charge in [0, 0.05) is 29.9 Å². The van der Waals surface area contributed by atoms with Crippen LogP contribution in [0, 0.1) is 6.92 Å². The monoisotopic (exact) mass is 458 g/mol. The first kappa shape index (κ1) is 24.9. The number of aromatic nitrogens is 2. The Hall–Kier alpha value is -2.13. The summed E-state index contributed by atoms with van der Waals surface area (Å²) < 4.78 is 24.3. The van der Waals surface area contributed by atoms with Gasteiger partial charge in [0.15, 0.2) is 0 Å². The summed E-state index contributed by atoms with van der Waals surface area (Å²) in [6, 6.07) is 10.4. The smallest absolute Gasteiger partial charge is 0.241 e. The number of aryl methyl sites for hydroxylation is 1. The van der Waals surface area contributed by atoms with Crippen molar-refractivity contribution in [2.24, 2.45) is 5.73 Å². The largest absolute Gasteiger partial charge is 0.325 e. The van der Waals surface area contributed by atoms with Gasteiger partial charge in [0.05, 0.1) is 17.5 Å². The van der Waals surface area contributed by atoms with Crippen molar-refractivity contribution in [3.05, 3.63) is 54.4 Å². The molecule has 158 valence electrons. The lowest BCUT2D eigenvalue weighted by Gasteiger charge is -2.12. The third kappa shape index (κ3) is 6.43. The van der Waals surface area contributed by atoms with Crippen molar-refractivity contribution >= 4 is 51.9 Å². The Morgan fingerprint density at radius 3 is 2.45 bits per heavy atom. The summed E-state index contributed by atoms with van der Waals surface area (Å²) in [4.78, 5) is 16.7. The molecule has 3 rings (SSSR count). The fraction of sp³-hybridized carbons (Fsp3) is 0.263. The number of nitrogens with two attached hydrogens (primary N) is 1. The number of halogens is 2. The van der Waals surface area contributed by atoms with Crippen LogP contribution in [-0.2, 0) is 14.6 Å². The van der Waals surface area contributed by atoms with E-state index >= 15 is 0 Å². The summed E-state index contributed by atoms with van der Waals surface area (Å²) in [6.07, 6.45) is 5.11. The summed E-state index contributed by atoms with van der Waals surface area (Å²) in [5, 5.41) is 2.71. The third-order valence-electron chi connectivity index (χ3n) is 4.26. The average Bonchev–Trinajstić information content (AvgIpc) is 3.05. The van der Waals surface area contributed by atoms with Gasteiger partial charge in [-0.15, -0.1) is 24.8 Å². The summed E-state index contributed by atoms with van der Waals surface area (Å²) in [7, 11) is -3.15. The van der Waals surface area contributed by atoms with Gasteiger partial charge in [-0.05, 0) is 37.1 Å². The molecule has 0 spiro atoms. The van der Waals surface area contributed by atoms with Gasteiger partial charge in [0.2, 0.25) is 5.91 Å². The van der Waals surface area contributed by atoms with Crippen molar-refractivity contribution in [1.82, 2.24) is 9.38 Å². The molecule has 1 atom stereocenters. The Bertz CT molecular complexity index is 1080. The lowest BCUT2D eigenvalue weighted by molar-refractivity contribution is -0.117. The molecule has 3 N–H and O–H groups in total. The predicted octanol–water partition coefficient (Wildman–Crippen LogP) is 2.85. The van der Waals surface area contributed by atoms with Gasteiger partial charge in [-0.2, -0.15) is 0 Å². The number of hydrogen-bond donors (Lipinski definition) is 2. The number of carbonyl (C=O) groups is 1. The first-order chi connectivity index (χ1) is 12.7. The number of sulfone groups is 1. The second-order valence-corrected chi connectivity index (χ2v) is 8.90. The molecule has 1 aromatic carbocycles. The summed E-state index contributed by atoms with van der Waals surface area (Å²) in [6.45, 7) is 2.01. The van der Waals surface area contributed by atoms with Crippen molar-refractivity contribution in [3.63, 3.8) is 0 Å². The van der Waals surface area contributed by atoms with E-state index in [4.69, 9.17) is 5.73 Å². The molecule has 0 aliphatic rings. The Balaban J connectivity index is 0.00000210. The number of imidazole rings is 1. The number of benzene rings is 1. The SMILES string of the molecule is Cc1cccn2cc(-c3ccc(NC(=O)C(N)CCS(C)(=O)=O)cc3)nc12.Cl.Cl. The molecule has 0 saturated heterocycles. The summed E-state index contributed by atoms with van der Waals surface area (Å²) >= 11 is 0. The molecule has 0 fully saturated rings. The highest BCUT2D eigenvalue weighted by Crippen LogP contribution is 2.22. The third-order valence-corrected chi connectivity index (χ3v) is 5.24. The van der Waals surface area contributed by atoms with E-state index in [2.05, 4.69) is 10.3 Å². The van der Waals surface area contributed by atoms with Gasteiger partial charge in [-0.1, -0.05) is 18.2 Å². The lowest BCUT2D eigenvalue weighted by Crippen LogP contribution is -2.37. The quantitative estimate of drug-likeness (QED) is 0.590. The van der Waals surface area contributed by atoms with Gasteiger partial charge in [0.25, 0.3) is 0 Å². The van der Waals surface area contributed by atoms with Crippen LogP contribution in [-0.4, -0.2) is 41.8 Å². The van der Waals surface area contributed by atoms with Crippen LogP contribution in [0.25, 0.3) is 16.9 Å². The number of nitrogens with one attached hydrogen (secondary N) is 1. The Morgan fingerprint density at radius 2 is 1.86 bits per heavy atom. The maximum atomic E-state index is 12.1. The van der Waals surface area contributed by atoms with Crippen molar-refractivity contribution in [2.45, 2.75) is 19.4 Å². The van der Waals surface area contributed by atoms with Gasteiger partial charge in [-0.25, -0.2) is 13.4 Å². The second kappa shape index (κ2) is 10.1. The summed E-state index contributed by atoms with van der Waals surface area (Å²) in [5.74, 6) is -0.525. The minimum Gasteiger partial charge on any atom is -0.325 e. The molecule has 0 aliphatic carbocycles. The van der Waals surface area contributed by atoms with Crippen LogP contribution in [0.4, 0.5) is 5.69 Å². The van der Waals surface area contributed by atoms with Crippen LogP contribution in [0.3, 0.4) is 0 Å². The van der Waals surface area contributed by atoms with Crippen molar-refractivity contribution in [3.8, 4) is 11.3 Å². The van der Waals surface area contributed by atoms with Crippen LogP contribution in [0.1, 0.15) is 12.0 Å². The van der Waals surface area contributed by atoms with E-state index in [0.717, 1.165) is 28.7 Å².